The van der Waals surface area contributed by atoms with E-state index in [2.05, 4.69) is 21.0 Å². The number of rotatable bonds is 3. The molecule has 0 aliphatic rings. The summed E-state index contributed by atoms with van der Waals surface area (Å²) in [5, 5.41) is 4.54. The largest absolute Gasteiger partial charge is 0.298 e. The summed E-state index contributed by atoms with van der Waals surface area (Å²) in [6, 6.07) is 12.0. The van der Waals surface area contributed by atoms with Crippen molar-refractivity contribution in [2.45, 2.75) is 6.92 Å². The van der Waals surface area contributed by atoms with Crippen LogP contribution in [0.3, 0.4) is 0 Å². The number of nitrogens with zero attached hydrogens (tertiary/aromatic N) is 2. The van der Waals surface area contributed by atoms with Gasteiger partial charge in [-0.05, 0) is 47.1 Å². The monoisotopic (exact) mass is 346 g/mol. The van der Waals surface area contributed by atoms with Gasteiger partial charge in [0.15, 0.2) is 6.29 Å². The van der Waals surface area contributed by atoms with Gasteiger partial charge < -0.3 is 0 Å². The van der Waals surface area contributed by atoms with E-state index in [4.69, 9.17) is 0 Å². The molecule has 0 saturated heterocycles. The molecule has 0 bridgehead atoms. The third kappa shape index (κ3) is 2.46. The molecule has 1 aromatic carbocycles. The van der Waals surface area contributed by atoms with Gasteiger partial charge in [0, 0.05) is 6.20 Å². The van der Waals surface area contributed by atoms with Crippen molar-refractivity contribution in [2.24, 2.45) is 0 Å². The Morgan fingerprint density at radius 1 is 1.20 bits per heavy atom. The van der Waals surface area contributed by atoms with Gasteiger partial charge in [-0.3, -0.25) is 4.79 Å². The van der Waals surface area contributed by atoms with Gasteiger partial charge in [-0.2, -0.15) is 5.10 Å². The van der Waals surface area contributed by atoms with E-state index in [1.165, 1.54) is 5.56 Å². The molecule has 0 saturated carbocycles. The Kier molecular flexibility index (Phi) is 3.54. The zero-order valence-electron chi connectivity index (χ0n) is 10.7. The quantitative estimate of drug-likeness (QED) is 0.655. The summed E-state index contributed by atoms with van der Waals surface area (Å²) in [5.41, 5.74) is 3.45. The SMILES string of the molecule is Cc1ccc(-n2cc(C=O)c(-c3ccc(Br)s3)n2)cc1. The number of halogens is 1. The molecule has 3 aromatic rings. The fourth-order valence-electron chi connectivity index (χ4n) is 1.94. The van der Waals surface area contributed by atoms with Gasteiger partial charge in [-0.15, -0.1) is 11.3 Å². The fraction of sp³-hybridized carbons (Fsp3) is 0.0667. The average Bonchev–Trinajstić information content (AvgIpc) is 3.05. The van der Waals surface area contributed by atoms with Gasteiger partial charge in [0.05, 0.1) is 19.9 Å². The number of aromatic nitrogens is 2. The van der Waals surface area contributed by atoms with Crippen molar-refractivity contribution in [2.75, 3.05) is 0 Å². The lowest BCUT2D eigenvalue weighted by molar-refractivity contribution is 0.112. The van der Waals surface area contributed by atoms with Crippen molar-refractivity contribution in [3.63, 3.8) is 0 Å². The minimum Gasteiger partial charge on any atom is -0.298 e. The molecule has 100 valence electrons. The van der Waals surface area contributed by atoms with Gasteiger partial charge in [-0.1, -0.05) is 17.7 Å². The van der Waals surface area contributed by atoms with E-state index >= 15 is 0 Å². The second-order valence-electron chi connectivity index (χ2n) is 4.43. The van der Waals surface area contributed by atoms with Gasteiger partial charge in [-0.25, -0.2) is 4.68 Å². The van der Waals surface area contributed by atoms with Crippen molar-refractivity contribution in [3.05, 3.63) is 57.5 Å². The first-order valence-corrected chi connectivity index (χ1v) is 7.66. The maximum Gasteiger partial charge on any atom is 0.153 e. The molecule has 0 fully saturated rings. The summed E-state index contributed by atoms with van der Waals surface area (Å²) in [6.07, 6.45) is 2.61. The topological polar surface area (TPSA) is 34.9 Å². The molecule has 2 heterocycles. The Hall–Kier alpha value is -1.72. The van der Waals surface area contributed by atoms with Crippen LogP contribution in [0.5, 0.6) is 0 Å². The Balaban J connectivity index is 2.09. The first kappa shape index (κ1) is 13.3. The number of aryl methyl sites for hydroxylation is 1. The molecule has 3 nitrogen and oxygen atoms in total. The summed E-state index contributed by atoms with van der Waals surface area (Å²) >= 11 is 4.99. The van der Waals surface area contributed by atoms with Gasteiger partial charge in [0.25, 0.3) is 0 Å². The highest BCUT2D eigenvalue weighted by molar-refractivity contribution is 9.11. The normalized spacial score (nSPS) is 10.7. The Labute approximate surface area is 129 Å². The molecule has 0 amide bonds. The maximum atomic E-state index is 11.2. The van der Waals surface area contributed by atoms with Crippen LogP contribution < -0.4 is 0 Å². The maximum absolute atomic E-state index is 11.2. The van der Waals surface area contributed by atoms with Crippen LogP contribution in [0.15, 0.2) is 46.4 Å². The number of carbonyl (C=O) groups excluding carboxylic acids is 1. The van der Waals surface area contributed by atoms with Crippen LogP contribution in [0, 0.1) is 6.92 Å². The third-order valence-electron chi connectivity index (χ3n) is 2.97. The van der Waals surface area contributed by atoms with Crippen LogP contribution in [-0.2, 0) is 0 Å². The lowest BCUT2D eigenvalue weighted by atomic mass is 10.2. The van der Waals surface area contributed by atoms with Gasteiger partial charge in [0.2, 0.25) is 0 Å². The van der Waals surface area contributed by atoms with E-state index in [0.717, 1.165) is 26.3 Å². The standard InChI is InChI=1S/C15H11BrN2OS/c1-10-2-4-12(5-3-10)18-8-11(9-19)15(17-18)13-6-7-14(16)20-13/h2-9H,1H3. The van der Waals surface area contributed by atoms with Crippen LogP contribution in [0.25, 0.3) is 16.3 Å². The predicted octanol–water partition coefficient (Wildman–Crippen LogP) is 4.48. The van der Waals surface area contributed by atoms with Crippen molar-refractivity contribution in [1.29, 1.82) is 0 Å². The molecule has 0 aliphatic heterocycles. The molecular weight excluding hydrogens is 336 g/mol. The van der Waals surface area contributed by atoms with E-state index in [1.807, 2.05) is 43.3 Å². The lowest BCUT2D eigenvalue weighted by Gasteiger charge is -2.01. The summed E-state index contributed by atoms with van der Waals surface area (Å²) in [4.78, 5) is 12.2. The van der Waals surface area contributed by atoms with Crippen molar-refractivity contribution in [3.8, 4) is 16.3 Å². The Morgan fingerprint density at radius 2 is 1.95 bits per heavy atom. The van der Waals surface area contributed by atoms with Crippen molar-refractivity contribution >= 4 is 33.6 Å². The predicted molar refractivity (Wildman–Crippen MR) is 84.7 cm³/mol. The Morgan fingerprint density at radius 3 is 2.55 bits per heavy atom. The second kappa shape index (κ2) is 5.34. The number of thiophene rings is 1. The molecule has 0 unspecified atom stereocenters. The van der Waals surface area contributed by atoms with Crippen LogP contribution in [-0.4, -0.2) is 16.1 Å². The van der Waals surface area contributed by atoms with E-state index in [-0.39, 0.29) is 0 Å². The van der Waals surface area contributed by atoms with Crippen LogP contribution in [0.2, 0.25) is 0 Å². The van der Waals surface area contributed by atoms with Gasteiger partial charge in [0.1, 0.15) is 5.69 Å². The minimum absolute atomic E-state index is 0.597. The highest BCUT2D eigenvalue weighted by Crippen LogP contribution is 2.32. The van der Waals surface area contributed by atoms with E-state index in [9.17, 15) is 4.79 Å². The fourth-order valence-corrected chi connectivity index (χ4v) is 3.33. The van der Waals surface area contributed by atoms with Crippen LogP contribution >= 0.6 is 27.3 Å². The Bertz CT molecular complexity index is 759. The number of hydrogen-bond acceptors (Lipinski definition) is 3. The first-order valence-electron chi connectivity index (χ1n) is 6.05. The molecule has 0 atom stereocenters. The molecule has 3 rings (SSSR count). The third-order valence-corrected chi connectivity index (χ3v) is 4.60. The number of carbonyl (C=O) groups is 1. The molecule has 0 radical (unpaired) electrons. The minimum atomic E-state index is 0.597. The first-order chi connectivity index (χ1) is 9.67. The molecule has 0 spiro atoms. The van der Waals surface area contributed by atoms with Crippen LogP contribution in [0.4, 0.5) is 0 Å². The zero-order valence-corrected chi connectivity index (χ0v) is 13.1. The lowest BCUT2D eigenvalue weighted by Crippen LogP contribution is -1.94. The van der Waals surface area contributed by atoms with Crippen LogP contribution in [0.1, 0.15) is 15.9 Å². The number of benzene rings is 1. The summed E-state index contributed by atoms with van der Waals surface area (Å²) < 4.78 is 2.76. The van der Waals surface area contributed by atoms with Gasteiger partial charge >= 0.3 is 0 Å². The molecule has 20 heavy (non-hydrogen) atoms. The van der Waals surface area contributed by atoms with E-state index in [0.29, 0.717) is 5.56 Å². The molecule has 2 aromatic heterocycles. The van der Waals surface area contributed by atoms with E-state index in [1.54, 1.807) is 22.2 Å². The number of hydrogen-bond donors (Lipinski definition) is 0. The summed E-state index contributed by atoms with van der Waals surface area (Å²) in [6.45, 7) is 2.04. The summed E-state index contributed by atoms with van der Waals surface area (Å²) in [7, 11) is 0. The van der Waals surface area contributed by atoms with Crippen molar-refractivity contribution in [1.82, 2.24) is 9.78 Å². The highest BCUT2D eigenvalue weighted by atomic mass is 79.9. The smallest absolute Gasteiger partial charge is 0.153 e. The summed E-state index contributed by atoms with van der Waals surface area (Å²) in [5.74, 6) is 0. The second-order valence-corrected chi connectivity index (χ2v) is 6.90. The average molecular weight is 347 g/mol. The molecule has 0 aliphatic carbocycles. The van der Waals surface area contributed by atoms with Crippen molar-refractivity contribution < 1.29 is 4.79 Å². The number of aldehydes is 1. The molecular formula is C15H11BrN2OS. The molecule has 0 N–H and O–H groups in total. The molecule has 5 heteroatoms. The van der Waals surface area contributed by atoms with E-state index < -0.39 is 0 Å². The zero-order chi connectivity index (χ0) is 14.1. The highest BCUT2D eigenvalue weighted by Gasteiger charge is 2.13.